The first kappa shape index (κ1) is 25.6. The van der Waals surface area contributed by atoms with E-state index in [2.05, 4.69) is 27.2 Å². The van der Waals surface area contributed by atoms with E-state index in [1.807, 2.05) is 25.1 Å². The molecule has 4 rings (SSSR count). The second-order valence-corrected chi connectivity index (χ2v) is 8.86. The summed E-state index contributed by atoms with van der Waals surface area (Å²) < 4.78 is 41.8. The molecule has 3 heterocycles. The number of unbranched alkanes of at least 4 members (excludes halogenated alkanes) is 4. The molecule has 1 N–H and O–H groups in total. The van der Waals surface area contributed by atoms with Crippen molar-refractivity contribution in [1.82, 2.24) is 14.4 Å². The molecule has 36 heavy (non-hydrogen) atoms. The number of allylic oxidation sites excluding steroid dienone is 1. The van der Waals surface area contributed by atoms with Crippen molar-refractivity contribution < 1.29 is 18.0 Å². The second-order valence-electron chi connectivity index (χ2n) is 8.86. The Hall–Kier alpha value is -3.49. The Morgan fingerprint density at radius 2 is 1.92 bits per heavy atom. The van der Waals surface area contributed by atoms with Crippen molar-refractivity contribution in [2.24, 2.45) is 4.99 Å². The molecule has 3 aromatic rings. The minimum Gasteiger partial charge on any atom is -0.337 e. The molecule has 6 nitrogen and oxygen atoms in total. The molecule has 0 bridgehead atoms. The Kier molecular flexibility index (Phi) is 7.86. The highest BCUT2D eigenvalue weighted by Gasteiger charge is 2.40. The first-order chi connectivity index (χ1) is 17.3. The number of fused-ring (bicyclic) bond motifs is 1. The number of anilines is 2. The number of imidazole rings is 1. The predicted octanol–water partition coefficient (Wildman–Crippen LogP) is 6.98. The molecule has 0 aliphatic carbocycles. The van der Waals surface area contributed by atoms with Crippen molar-refractivity contribution in [3.63, 3.8) is 0 Å². The summed E-state index contributed by atoms with van der Waals surface area (Å²) in [7, 11) is 0. The van der Waals surface area contributed by atoms with Crippen LogP contribution in [0.1, 0.15) is 74.0 Å². The van der Waals surface area contributed by atoms with Crippen molar-refractivity contribution >= 4 is 34.2 Å². The Balaban J connectivity index is 1.54. The van der Waals surface area contributed by atoms with E-state index < -0.39 is 11.9 Å². The van der Waals surface area contributed by atoms with Crippen LogP contribution in [0, 0.1) is 0 Å². The van der Waals surface area contributed by atoms with Crippen LogP contribution in [0.5, 0.6) is 0 Å². The highest BCUT2D eigenvalue weighted by molar-refractivity contribution is 6.27. The molecule has 190 valence electrons. The number of aromatic nitrogens is 3. The summed E-state index contributed by atoms with van der Waals surface area (Å²) in [5.74, 6) is 0.560. The van der Waals surface area contributed by atoms with E-state index in [0.29, 0.717) is 30.0 Å². The number of benzene rings is 1. The number of carbonyl (C=O) groups is 1. The van der Waals surface area contributed by atoms with Crippen LogP contribution >= 0.6 is 0 Å². The lowest BCUT2D eigenvalue weighted by atomic mass is 9.97. The standard InChI is InChI=1S/C27H30F3N5O/c1-3-5-6-7-8-9-23(36)20-11-10-19(16-18(20)4-2)34-25-26-33-17-22(35(26)15-14-32-25)21-12-13-31-24(21)27(28,29)30/h10-12,14-17H,3-9,13H2,1-2H3,(H,32,34). The molecule has 0 atom stereocenters. The largest absolute Gasteiger partial charge is 0.433 e. The quantitative estimate of drug-likeness (QED) is 0.229. The van der Waals surface area contributed by atoms with Gasteiger partial charge in [0.05, 0.1) is 18.4 Å². The van der Waals surface area contributed by atoms with Gasteiger partial charge in [0.2, 0.25) is 0 Å². The van der Waals surface area contributed by atoms with Crippen LogP contribution in [-0.4, -0.2) is 38.6 Å². The van der Waals surface area contributed by atoms with Gasteiger partial charge in [-0.1, -0.05) is 45.6 Å². The molecule has 0 unspecified atom stereocenters. The van der Waals surface area contributed by atoms with Crippen LogP contribution in [0.4, 0.5) is 24.7 Å². The van der Waals surface area contributed by atoms with Crippen LogP contribution in [0.2, 0.25) is 0 Å². The lowest BCUT2D eigenvalue weighted by molar-refractivity contribution is -0.0571. The van der Waals surface area contributed by atoms with Crippen molar-refractivity contribution in [3.05, 3.63) is 59.7 Å². The van der Waals surface area contributed by atoms with Crippen LogP contribution in [-0.2, 0) is 6.42 Å². The number of nitrogens with one attached hydrogen (secondary N) is 1. The molecule has 0 saturated carbocycles. The van der Waals surface area contributed by atoms with E-state index >= 15 is 0 Å². The Labute approximate surface area is 208 Å². The number of aryl methyl sites for hydroxylation is 1. The van der Waals surface area contributed by atoms with Gasteiger partial charge in [0, 0.05) is 35.6 Å². The maximum Gasteiger partial charge on any atom is 0.433 e. The third kappa shape index (κ3) is 5.50. The van der Waals surface area contributed by atoms with Crippen molar-refractivity contribution in [1.29, 1.82) is 0 Å². The molecule has 1 aliphatic rings. The zero-order chi connectivity index (χ0) is 25.7. The highest BCUT2D eigenvalue weighted by Crippen LogP contribution is 2.32. The summed E-state index contributed by atoms with van der Waals surface area (Å²) in [5, 5.41) is 3.22. The van der Waals surface area contributed by atoms with Gasteiger partial charge >= 0.3 is 6.18 Å². The SMILES string of the molecule is CCCCCCCC(=O)c1ccc(Nc2nccn3c(C4=CCN=C4C(F)(F)F)cnc23)cc1CC. The Morgan fingerprint density at radius 1 is 1.11 bits per heavy atom. The molecular weight excluding hydrogens is 467 g/mol. The van der Waals surface area contributed by atoms with Crippen molar-refractivity contribution in [2.75, 3.05) is 11.9 Å². The molecule has 0 fully saturated rings. The minimum atomic E-state index is -4.54. The summed E-state index contributed by atoms with van der Waals surface area (Å²) in [6.07, 6.45) is 8.14. The van der Waals surface area contributed by atoms with E-state index in [1.165, 1.54) is 31.3 Å². The van der Waals surface area contributed by atoms with Gasteiger partial charge in [-0.3, -0.25) is 14.2 Å². The van der Waals surface area contributed by atoms with Crippen LogP contribution in [0.25, 0.3) is 11.2 Å². The number of Topliss-reactive ketones (excluding diaryl/α,β-unsaturated/α-hetero) is 1. The zero-order valence-corrected chi connectivity index (χ0v) is 20.5. The monoisotopic (exact) mass is 497 g/mol. The lowest BCUT2D eigenvalue weighted by Gasteiger charge is -2.13. The van der Waals surface area contributed by atoms with Gasteiger partial charge in [-0.25, -0.2) is 9.97 Å². The topological polar surface area (TPSA) is 71.7 Å². The fraction of sp³-hybridized carbons (Fsp3) is 0.407. The summed E-state index contributed by atoms with van der Waals surface area (Å²) in [4.78, 5) is 25.1. The number of carbonyl (C=O) groups excluding carboxylic acids is 1. The van der Waals surface area contributed by atoms with E-state index in [4.69, 9.17) is 0 Å². The molecule has 0 radical (unpaired) electrons. The molecule has 9 heteroatoms. The molecule has 0 spiro atoms. The van der Waals surface area contributed by atoms with Gasteiger partial charge in [-0.15, -0.1) is 0 Å². The normalized spacial score (nSPS) is 13.7. The van der Waals surface area contributed by atoms with Crippen LogP contribution in [0.3, 0.4) is 0 Å². The van der Waals surface area contributed by atoms with Gasteiger partial charge in [0.15, 0.2) is 17.2 Å². The third-order valence-electron chi connectivity index (χ3n) is 6.33. The van der Waals surface area contributed by atoms with Crippen molar-refractivity contribution in [2.45, 2.75) is 65.0 Å². The fourth-order valence-electron chi connectivity index (χ4n) is 4.48. The van der Waals surface area contributed by atoms with Gasteiger partial charge in [-0.2, -0.15) is 13.2 Å². The molecule has 0 amide bonds. The highest BCUT2D eigenvalue weighted by atomic mass is 19.4. The van der Waals surface area contributed by atoms with E-state index in [1.54, 1.807) is 10.6 Å². The maximum atomic E-state index is 13.4. The average Bonchev–Trinajstić information content (AvgIpc) is 3.51. The number of halogens is 3. The first-order valence-corrected chi connectivity index (χ1v) is 12.4. The second kappa shape index (κ2) is 11.1. The van der Waals surface area contributed by atoms with Gasteiger partial charge in [0.25, 0.3) is 0 Å². The molecule has 2 aromatic heterocycles. The smallest absolute Gasteiger partial charge is 0.337 e. The fourth-order valence-corrected chi connectivity index (χ4v) is 4.48. The maximum absolute atomic E-state index is 13.4. The molecular formula is C27H30F3N5O. The zero-order valence-electron chi connectivity index (χ0n) is 20.5. The van der Waals surface area contributed by atoms with Crippen LogP contribution < -0.4 is 5.32 Å². The molecule has 1 aromatic carbocycles. The van der Waals surface area contributed by atoms with Gasteiger partial charge in [-0.05, 0) is 36.6 Å². The number of ketones is 1. The van der Waals surface area contributed by atoms with Gasteiger partial charge in [0.1, 0.15) is 5.71 Å². The summed E-state index contributed by atoms with van der Waals surface area (Å²) in [5.41, 5.74) is 2.22. The number of hydrogen-bond acceptors (Lipinski definition) is 5. The predicted molar refractivity (Wildman–Crippen MR) is 136 cm³/mol. The number of aliphatic imine (C=N–C) groups is 1. The number of hydrogen-bond donors (Lipinski definition) is 1. The number of nitrogens with zero attached hydrogens (tertiary/aromatic N) is 4. The average molecular weight is 498 g/mol. The molecule has 1 aliphatic heterocycles. The van der Waals surface area contributed by atoms with Gasteiger partial charge < -0.3 is 5.32 Å². The minimum absolute atomic E-state index is 0.0120. The number of alkyl halides is 3. The summed E-state index contributed by atoms with van der Waals surface area (Å²) >= 11 is 0. The van der Waals surface area contributed by atoms with Crippen molar-refractivity contribution in [3.8, 4) is 0 Å². The number of rotatable bonds is 11. The summed E-state index contributed by atoms with van der Waals surface area (Å²) in [6.45, 7) is 4.16. The first-order valence-electron chi connectivity index (χ1n) is 12.4. The third-order valence-corrected chi connectivity index (χ3v) is 6.33. The summed E-state index contributed by atoms with van der Waals surface area (Å²) in [6, 6.07) is 5.59. The lowest BCUT2D eigenvalue weighted by Crippen LogP contribution is -2.23. The Bertz CT molecular complexity index is 1310. The van der Waals surface area contributed by atoms with Crippen LogP contribution in [0.15, 0.2) is 47.9 Å². The van der Waals surface area contributed by atoms with E-state index in [0.717, 1.165) is 36.1 Å². The Morgan fingerprint density at radius 3 is 2.67 bits per heavy atom. The molecule has 0 saturated heterocycles. The van der Waals surface area contributed by atoms with E-state index in [9.17, 15) is 18.0 Å². The van der Waals surface area contributed by atoms with E-state index in [-0.39, 0.29) is 17.9 Å².